The molecule has 4 nitrogen and oxygen atoms in total. The van der Waals surface area contributed by atoms with E-state index in [4.69, 9.17) is 12.2 Å². The predicted molar refractivity (Wildman–Crippen MR) is 129 cm³/mol. The predicted octanol–water partition coefficient (Wildman–Crippen LogP) is 6.79. The first-order valence-electron chi connectivity index (χ1n) is 11.3. The summed E-state index contributed by atoms with van der Waals surface area (Å²) in [7, 11) is 0. The van der Waals surface area contributed by atoms with Crippen molar-refractivity contribution < 1.29 is 31.1 Å². The second-order valence-corrected chi connectivity index (χ2v) is 10.2. The lowest BCUT2D eigenvalue weighted by Gasteiger charge is -2.36. The van der Waals surface area contributed by atoms with Crippen LogP contribution in [0.15, 0.2) is 48.5 Å². The third-order valence-corrected chi connectivity index (χ3v) is 6.17. The van der Waals surface area contributed by atoms with Crippen molar-refractivity contribution in [3.8, 4) is 0 Å². The van der Waals surface area contributed by atoms with Crippen molar-refractivity contribution in [1.29, 1.82) is 0 Å². The molecule has 1 fully saturated rings. The number of nitrogens with zero attached hydrogens (tertiary/aromatic N) is 1. The minimum absolute atomic E-state index is 0.0419. The number of alkyl halides is 6. The molecule has 0 aromatic heterocycles. The maximum atomic E-state index is 13.6. The van der Waals surface area contributed by atoms with E-state index in [-0.39, 0.29) is 23.1 Å². The number of amides is 1. The summed E-state index contributed by atoms with van der Waals surface area (Å²) in [6.07, 6.45) is -8.40. The van der Waals surface area contributed by atoms with Gasteiger partial charge in [0, 0.05) is 12.2 Å². The zero-order valence-corrected chi connectivity index (χ0v) is 20.7. The maximum absolute atomic E-state index is 13.6. The van der Waals surface area contributed by atoms with E-state index in [9.17, 15) is 31.1 Å². The van der Waals surface area contributed by atoms with Gasteiger partial charge in [0.1, 0.15) is 6.04 Å². The van der Waals surface area contributed by atoms with Gasteiger partial charge in [-0.05, 0) is 54.2 Å². The third-order valence-electron chi connectivity index (χ3n) is 5.95. The van der Waals surface area contributed by atoms with Crippen LogP contribution in [0.4, 0.5) is 32.0 Å². The molecule has 11 heteroatoms. The van der Waals surface area contributed by atoms with Crippen LogP contribution in [0.25, 0.3) is 0 Å². The Labute approximate surface area is 211 Å². The molecular formula is C25H27F6N3OS. The molecule has 1 saturated heterocycles. The molecule has 2 atom stereocenters. The number of rotatable bonds is 4. The van der Waals surface area contributed by atoms with Crippen LogP contribution >= 0.6 is 12.2 Å². The number of likely N-dealkylation sites (tertiary alicyclic amines) is 1. The lowest BCUT2D eigenvalue weighted by atomic mass is 9.85. The van der Waals surface area contributed by atoms with Gasteiger partial charge in [-0.15, -0.1) is 0 Å². The van der Waals surface area contributed by atoms with Crippen molar-refractivity contribution in [3.63, 3.8) is 0 Å². The van der Waals surface area contributed by atoms with Gasteiger partial charge in [-0.3, -0.25) is 4.79 Å². The monoisotopic (exact) mass is 531 g/mol. The van der Waals surface area contributed by atoms with Gasteiger partial charge < -0.3 is 15.5 Å². The highest BCUT2D eigenvalue weighted by Crippen LogP contribution is 2.38. The molecule has 196 valence electrons. The minimum atomic E-state index is -4.99. The molecule has 1 aliphatic heterocycles. The Bertz CT molecular complexity index is 1060. The Hall–Kier alpha value is -2.82. The number of thiocarbonyl (C=S) groups is 1. The van der Waals surface area contributed by atoms with Crippen molar-refractivity contribution in [2.24, 2.45) is 5.41 Å². The fourth-order valence-electron chi connectivity index (χ4n) is 4.19. The van der Waals surface area contributed by atoms with E-state index in [1.54, 1.807) is 25.7 Å². The largest absolute Gasteiger partial charge is 0.416 e. The highest BCUT2D eigenvalue weighted by molar-refractivity contribution is 7.80. The van der Waals surface area contributed by atoms with Gasteiger partial charge in [-0.25, -0.2) is 0 Å². The van der Waals surface area contributed by atoms with Crippen molar-refractivity contribution in [3.05, 3.63) is 65.2 Å². The number of hydrogen-bond donors (Lipinski definition) is 2. The Balaban J connectivity index is 1.84. The summed E-state index contributed by atoms with van der Waals surface area (Å²) in [6, 6.07) is 9.65. The zero-order valence-electron chi connectivity index (χ0n) is 19.9. The smallest absolute Gasteiger partial charge is 0.350 e. The van der Waals surface area contributed by atoms with Crippen LogP contribution in [0.2, 0.25) is 0 Å². The minimum Gasteiger partial charge on any atom is -0.350 e. The molecule has 1 aliphatic rings. The van der Waals surface area contributed by atoms with Crippen LogP contribution in [0.5, 0.6) is 0 Å². The van der Waals surface area contributed by atoms with Crippen molar-refractivity contribution >= 4 is 28.9 Å². The van der Waals surface area contributed by atoms with E-state index in [2.05, 4.69) is 10.6 Å². The molecule has 1 heterocycles. The number of anilines is 1. The summed E-state index contributed by atoms with van der Waals surface area (Å²) in [6.45, 7) is 5.91. The van der Waals surface area contributed by atoms with Crippen LogP contribution in [-0.2, 0) is 17.1 Å². The zero-order chi connectivity index (χ0) is 26.9. The molecule has 2 aromatic carbocycles. The molecule has 36 heavy (non-hydrogen) atoms. The quantitative estimate of drug-likeness (QED) is 0.337. The first-order valence-corrected chi connectivity index (χ1v) is 11.7. The Morgan fingerprint density at radius 1 is 0.972 bits per heavy atom. The SMILES string of the molecule is CC(C)(C)[C@H](NC(=S)Nc1cc(C(F)(F)F)cc(C(F)(F)F)c1)C(=O)N1CCC[C@@H]1c1ccccc1. The topological polar surface area (TPSA) is 44.4 Å². The molecule has 0 unspecified atom stereocenters. The van der Waals surface area contributed by atoms with Crippen LogP contribution in [0.1, 0.15) is 56.3 Å². The van der Waals surface area contributed by atoms with Gasteiger partial charge in [0.05, 0.1) is 17.2 Å². The first kappa shape index (κ1) is 27.8. The number of hydrogen-bond acceptors (Lipinski definition) is 2. The van der Waals surface area contributed by atoms with Crippen LogP contribution in [-0.4, -0.2) is 28.5 Å². The van der Waals surface area contributed by atoms with E-state index in [1.807, 2.05) is 30.3 Å². The van der Waals surface area contributed by atoms with E-state index in [1.165, 1.54) is 0 Å². The van der Waals surface area contributed by atoms with Gasteiger partial charge >= 0.3 is 12.4 Å². The molecule has 0 aliphatic carbocycles. The second kappa shape index (κ2) is 10.3. The Morgan fingerprint density at radius 3 is 2.03 bits per heavy atom. The molecule has 3 rings (SSSR count). The highest BCUT2D eigenvalue weighted by Gasteiger charge is 2.40. The number of benzene rings is 2. The standard InChI is InChI=1S/C25H27F6N3OS/c1-23(2,3)20(21(35)34-11-7-10-19(34)15-8-5-4-6-9-15)33-22(36)32-18-13-16(24(26,27)28)12-17(14-18)25(29,30)31/h4-6,8-9,12-14,19-20H,7,10-11H2,1-3H3,(H2,32,33,36)/t19-,20-/m1/s1. The van der Waals surface area contributed by atoms with Crippen molar-refractivity contribution in [2.45, 2.75) is 58.0 Å². The van der Waals surface area contributed by atoms with E-state index in [0.29, 0.717) is 18.7 Å². The van der Waals surface area contributed by atoms with Gasteiger partial charge in [-0.2, -0.15) is 26.3 Å². The van der Waals surface area contributed by atoms with E-state index >= 15 is 0 Å². The summed E-state index contributed by atoms with van der Waals surface area (Å²) in [5.74, 6) is -0.252. The molecule has 2 N–H and O–H groups in total. The van der Waals surface area contributed by atoms with Gasteiger partial charge in [-0.1, -0.05) is 51.1 Å². The van der Waals surface area contributed by atoms with E-state index in [0.717, 1.165) is 18.4 Å². The van der Waals surface area contributed by atoms with Gasteiger partial charge in [0.15, 0.2) is 5.11 Å². The molecule has 0 bridgehead atoms. The van der Waals surface area contributed by atoms with Crippen molar-refractivity contribution in [1.82, 2.24) is 10.2 Å². The molecule has 0 spiro atoms. The fourth-order valence-corrected chi connectivity index (χ4v) is 4.43. The van der Waals surface area contributed by atoms with Gasteiger partial charge in [0.2, 0.25) is 5.91 Å². The summed E-state index contributed by atoms with van der Waals surface area (Å²) in [5.41, 5.74) is -3.10. The molecule has 2 aromatic rings. The summed E-state index contributed by atoms with van der Waals surface area (Å²) < 4.78 is 79.2. The molecule has 0 radical (unpaired) electrons. The molecular weight excluding hydrogens is 504 g/mol. The lowest BCUT2D eigenvalue weighted by Crippen LogP contribution is -2.55. The molecule has 1 amide bonds. The second-order valence-electron chi connectivity index (χ2n) is 9.79. The summed E-state index contributed by atoms with van der Waals surface area (Å²) in [4.78, 5) is 15.4. The lowest BCUT2D eigenvalue weighted by molar-refractivity contribution is -0.143. The number of halogens is 6. The van der Waals surface area contributed by atoms with Crippen LogP contribution < -0.4 is 10.6 Å². The summed E-state index contributed by atoms with van der Waals surface area (Å²) >= 11 is 5.22. The number of carbonyl (C=O) groups excluding carboxylic acids is 1. The fraction of sp³-hybridized carbons (Fsp3) is 0.440. The van der Waals surface area contributed by atoms with E-state index < -0.39 is 40.6 Å². The van der Waals surface area contributed by atoms with Crippen LogP contribution in [0.3, 0.4) is 0 Å². The van der Waals surface area contributed by atoms with Crippen LogP contribution in [0, 0.1) is 5.41 Å². The normalized spacial score (nSPS) is 17.6. The summed E-state index contributed by atoms with van der Waals surface area (Å²) in [5, 5.41) is 4.99. The average molecular weight is 532 g/mol. The first-order chi connectivity index (χ1) is 16.6. The highest BCUT2D eigenvalue weighted by atomic mass is 32.1. The Morgan fingerprint density at radius 2 is 1.53 bits per heavy atom. The molecule has 0 saturated carbocycles. The maximum Gasteiger partial charge on any atom is 0.416 e. The average Bonchev–Trinajstić information content (AvgIpc) is 3.25. The number of carbonyl (C=O) groups is 1. The number of nitrogens with one attached hydrogen (secondary N) is 2. The Kier molecular flexibility index (Phi) is 7.92. The van der Waals surface area contributed by atoms with Crippen molar-refractivity contribution in [2.75, 3.05) is 11.9 Å². The van der Waals surface area contributed by atoms with Gasteiger partial charge in [0.25, 0.3) is 0 Å². The third kappa shape index (κ3) is 6.68.